The lowest BCUT2D eigenvalue weighted by molar-refractivity contribution is 0.0205. The van der Waals surface area contributed by atoms with E-state index in [1.165, 1.54) is 10.9 Å². The Morgan fingerprint density at radius 3 is 3.00 bits per heavy atom. The van der Waals surface area contributed by atoms with Crippen molar-refractivity contribution in [2.45, 2.75) is 32.6 Å². The Hall–Kier alpha value is -1.76. The Bertz CT molecular complexity index is 771. The number of nitrogens with one attached hydrogen (secondary N) is 3. The SMILES string of the molecule is CCNC(=NCCCOCC1CCOCC1)NCCc1c[nH]c2ccc(Cl)cc12. The monoisotopic (exact) mass is 420 g/mol. The molecule has 7 heteroatoms. The van der Waals surface area contributed by atoms with Crippen molar-refractivity contribution >= 4 is 28.5 Å². The molecule has 29 heavy (non-hydrogen) atoms. The van der Waals surface area contributed by atoms with Crippen molar-refractivity contribution in [3.63, 3.8) is 0 Å². The summed E-state index contributed by atoms with van der Waals surface area (Å²) in [5, 5.41) is 8.67. The quantitative estimate of drug-likeness (QED) is 0.311. The highest BCUT2D eigenvalue weighted by Gasteiger charge is 2.13. The third-order valence-electron chi connectivity index (χ3n) is 5.17. The summed E-state index contributed by atoms with van der Waals surface area (Å²) in [4.78, 5) is 7.96. The van der Waals surface area contributed by atoms with Crippen LogP contribution in [0.25, 0.3) is 10.9 Å². The summed E-state index contributed by atoms with van der Waals surface area (Å²) in [7, 11) is 0. The summed E-state index contributed by atoms with van der Waals surface area (Å²) >= 11 is 6.14. The molecule has 6 nitrogen and oxygen atoms in total. The van der Waals surface area contributed by atoms with Gasteiger partial charge in [-0.2, -0.15) is 0 Å². The predicted octanol–water partition coefficient (Wildman–Crippen LogP) is 3.75. The first kappa shape index (κ1) is 21.9. The van der Waals surface area contributed by atoms with Crippen LogP contribution in [0.5, 0.6) is 0 Å². The van der Waals surface area contributed by atoms with Crippen LogP contribution in [0.1, 0.15) is 31.7 Å². The molecule has 3 rings (SSSR count). The summed E-state index contributed by atoms with van der Waals surface area (Å²) in [6.07, 6.45) is 6.13. The lowest BCUT2D eigenvalue weighted by Crippen LogP contribution is -2.38. The Labute approximate surface area is 178 Å². The van der Waals surface area contributed by atoms with Crippen molar-refractivity contribution < 1.29 is 9.47 Å². The second-order valence-electron chi connectivity index (χ2n) is 7.43. The van der Waals surface area contributed by atoms with Crippen LogP contribution in [-0.2, 0) is 15.9 Å². The van der Waals surface area contributed by atoms with Crippen LogP contribution < -0.4 is 10.6 Å². The van der Waals surface area contributed by atoms with Crippen LogP contribution in [0.4, 0.5) is 0 Å². The number of aromatic amines is 1. The first-order valence-electron chi connectivity index (χ1n) is 10.7. The minimum atomic E-state index is 0.658. The summed E-state index contributed by atoms with van der Waals surface area (Å²) in [6, 6.07) is 5.94. The van der Waals surface area contributed by atoms with Crippen molar-refractivity contribution in [1.82, 2.24) is 15.6 Å². The van der Waals surface area contributed by atoms with Crippen molar-refractivity contribution in [3.8, 4) is 0 Å². The van der Waals surface area contributed by atoms with Crippen LogP contribution in [-0.4, -0.2) is 57.0 Å². The van der Waals surface area contributed by atoms with Crippen LogP contribution in [0, 0.1) is 5.92 Å². The van der Waals surface area contributed by atoms with E-state index in [1.807, 2.05) is 18.2 Å². The normalized spacial score (nSPS) is 15.7. The van der Waals surface area contributed by atoms with Gasteiger partial charge in [0.1, 0.15) is 0 Å². The number of aromatic nitrogens is 1. The van der Waals surface area contributed by atoms with Gasteiger partial charge in [-0.25, -0.2) is 0 Å². The molecule has 0 bridgehead atoms. The Morgan fingerprint density at radius 2 is 2.17 bits per heavy atom. The molecule has 2 aromatic rings. The third-order valence-corrected chi connectivity index (χ3v) is 5.41. The number of aliphatic imine (C=N–C) groups is 1. The zero-order chi connectivity index (χ0) is 20.3. The molecule has 0 radical (unpaired) electrons. The summed E-state index contributed by atoms with van der Waals surface area (Å²) < 4.78 is 11.2. The van der Waals surface area contributed by atoms with Gasteiger partial charge in [0.15, 0.2) is 5.96 Å². The fourth-order valence-corrected chi connectivity index (χ4v) is 3.71. The van der Waals surface area contributed by atoms with Gasteiger partial charge in [-0.15, -0.1) is 0 Å². The Morgan fingerprint density at radius 1 is 1.31 bits per heavy atom. The standard InChI is InChI=1S/C22H33ClN4O2/c1-2-24-22(25-9-3-11-29-16-17-7-12-28-13-8-17)26-10-6-18-15-27-21-5-4-19(23)14-20(18)21/h4-5,14-15,17,27H,2-3,6-13,16H2,1H3,(H2,24,25,26). The number of ether oxygens (including phenoxy) is 2. The van der Waals surface area contributed by atoms with Gasteiger partial charge in [-0.05, 0) is 62.3 Å². The van der Waals surface area contributed by atoms with E-state index in [-0.39, 0.29) is 0 Å². The maximum Gasteiger partial charge on any atom is 0.191 e. The van der Waals surface area contributed by atoms with Crippen molar-refractivity contribution in [2.75, 3.05) is 46.1 Å². The van der Waals surface area contributed by atoms with E-state index in [1.54, 1.807) is 0 Å². The number of nitrogens with zero attached hydrogens (tertiary/aromatic N) is 1. The smallest absolute Gasteiger partial charge is 0.191 e. The number of fused-ring (bicyclic) bond motifs is 1. The molecule has 1 fully saturated rings. The number of halogens is 1. The van der Waals surface area contributed by atoms with Gasteiger partial charge in [0.25, 0.3) is 0 Å². The molecule has 0 saturated carbocycles. The van der Waals surface area contributed by atoms with Gasteiger partial charge in [0.2, 0.25) is 0 Å². The average molecular weight is 421 g/mol. The number of hydrogen-bond acceptors (Lipinski definition) is 3. The maximum absolute atomic E-state index is 6.14. The Kier molecular flexibility index (Phi) is 9.12. The molecular formula is C22H33ClN4O2. The minimum Gasteiger partial charge on any atom is -0.381 e. The molecule has 0 atom stereocenters. The van der Waals surface area contributed by atoms with Crippen LogP contribution in [0.2, 0.25) is 5.02 Å². The zero-order valence-electron chi connectivity index (χ0n) is 17.3. The molecule has 0 amide bonds. The van der Waals surface area contributed by atoms with Gasteiger partial charge in [0.05, 0.1) is 0 Å². The molecule has 160 valence electrons. The fourth-order valence-electron chi connectivity index (χ4n) is 3.54. The number of H-pyrrole nitrogens is 1. The molecule has 0 spiro atoms. The summed E-state index contributed by atoms with van der Waals surface area (Å²) in [6.45, 7) is 7.85. The molecule has 1 aliphatic rings. The molecule has 0 unspecified atom stereocenters. The van der Waals surface area contributed by atoms with Crippen molar-refractivity contribution in [1.29, 1.82) is 0 Å². The molecule has 1 saturated heterocycles. The highest BCUT2D eigenvalue weighted by Crippen LogP contribution is 2.22. The molecule has 0 aliphatic carbocycles. The highest BCUT2D eigenvalue weighted by atomic mass is 35.5. The third kappa shape index (κ3) is 7.21. The number of rotatable bonds is 10. The second kappa shape index (κ2) is 12.1. The van der Waals surface area contributed by atoms with Crippen molar-refractivity contribution in [2.24, 2.45) is 10.9 Å². The van der Waals surface area contributed by atoms with E-state index < -0.39 is 0 Å². The molecular weight excluding hydrogens is 388 g/mol. The summed E-state index contributed by atoms with van der Waals surface area (Å²) in [5.74, 6) is 1.51. The fraction of sp³-hybridized carbons (Fsp3) is 0.591. The Balaban J connectivity index is 1.36. The summed E-state index contributed by atoms with van der Waals surface area (Å²) in [5.41, 5.74) is 2.37. The van der Waals surface area contributed by atoms with E-state index >= 15 is 0 Å². The molecule has 1 aromatic heterocycles. The van der Waals surface area contributed by atoms with Crippen LogP contribution in [0.15, 0.2) is 29.4 Å². The van der Waals surface area contributed by atoms with Gasteiger partial charge in [-0.1, -0.05) is 11.6 Å². The van der Waals surface area contributed by atoms with E-state index in [0.717, 1.165) is 88.2 Å². The first-order valence-corrected chi connectivity index (χ1v) is 11.1. The molecule has 1 aromatic carbocycles. The van der Waals surface area contributed by atoms with Gasteiger partial charge >= 0.3 is 0 Å². The van der Waals surface area contributed by atoms with E-state index in [9.17, 15) is 0 Å². The second-order valence-corrected chi connectivity index (χ2v) is 7.86. The van der Waals surface area contributed by atoms with E-state index in [4.69, 9.17) is 21.1 Å². The zero-order valence-corrected chi connectivity index (χ0v) is 18.1. The largest absolute Gasteiger partial charge is 0.381 e. The van der Waals surface area contributed by atoms with Gasteiger partial charge in [0, 0.05) is 68.2 Å². The van der Waals surface area contributed by atoms with Crippen LogP contribution in [0.3, 0.4) is 0 Å². The minimum absolute atomic E-state index is 0.658. The van der Waals surface area contributed by atoms with E-state index in [0.29, 0.717) is 5.92 Å². The number of guanidine groups is 1. The average Bonchev–Trinajstić information content (AvgIpc) is 3.13. The molecule has 2 heterocycles. The first-order chi connectivity index (χ1) is 14.3. The van der Waals surface area contributed by atoms with Crippen molar-refractivity contribution in [3.05, 3.63) is 35.0 Å². The number of benzene rings is 1. The molecule has 3 N–H and O–H groups in total. The lowest BCUT2D eigenvalue weighted by Gasteiger charge is -2.21. The van der Waals surface area contributed by atoms with Gasteiger partial charge in [-0.3, -0.25) is 4.99 Å². The van der Waals surface area contributed by atoms with E-state index in [2.05, 4.69) is 33.7 Å². The topological polar surface area (TPSA) is 70.7 Å². The predicted molar refractivity (Wildman–Crippen MR) is 120 cm³/mol. The molecule has 1 aliphatic heterocycles. The maximum atomic E-state index is 6.14. The highest BCUT2D eigenvalue weighted by molar-refractivity contribution is 6.31. The lowest BCUT2D eigenvalue weighted by atomic mass is 10.0. The van der Waals surface area contributed by atoms with Gasteiger partial charge < -0.3 is 25.1 Å². The number of hydrogen-bond donors (Lipinski definition) is 3. The van der Waals surface area contributed by atoms with Crippen LogP contribution >= 0.6 is 11.6 Å².